The van der Waals surface area contributed by atoms with Gasteiger partial charge in [0.15, 0.2) is 0 Å². The molecule has 0 aliphatic rings. The molecule has 1 aromatic carbocycles. The number of nitrogens with two attached hydrogens (primary N) is 1. The maximum atomic E-state index is 12.2. The second-order valence-electron chi connectivity index (χ2n) is 4.64. The topological polar surface area (TPSA) is 77.1 Å². The molecule has 3 N–H and O–H groups in total. The molecule has 1 heterocycles. The Balaban J connectivity index is 2.21. The van der Waals surface area contributed by atoms with Crippen molar-refractivity contribution >= 4 is 33.2 Å². The van der Waals surface area contributed by atoms with Crippen molar-refractivity contribution in [3.8, 4) is 0 Å². The molecule has 5 nitrogen and oxygen atoms in total. The highest BCUT2D eigenvalue weighted by Crippen LogP contribution is 2.20. The van der Waals surface area contributed by atoms with Crippen molar-refractivity contribution in [2.75, 3.05) is 11.1 Å². The van der Waals surface area contributed by atoms with Gasteiger partial charge in [-0.15, -0.1) is 0 Å². The minimum absolute atomic E-state index is 0.0808. The molecule has 0 aliphatic carbocycles. The van der Waals surface area contributed by atoms with Crippen molar-refractivity contribution in [3.05, 3.63) is 56.9 Å². The minimum atomic E-state index is -0.268. The summed E-state index contributed by atoms with van der Waals surface area (Å²) in [5.41, 5.74) is 7.22. The Morgan fingerprint density at radius 1 is 1.33 bits per heavy atom. The molecule has 0 radical (unpaired) electrons. The van der Waals surface area contributed by atoms with Crippen molar-refractivity contribution in [2.24, 2.45) is 0 Å². The zero-order valence-corrected chi connectivity index (χ0v) is 13.2. The average Bonchev–Trinajstić information content (AvgIpc) is 2.45. The van der Waals surface area contributed by atoms with E-state index in [0.717, 1.165) is 10.9 Å². The van der Waals surface area contributed by atoms with Gasteiger partial charge in [0.05, 0.1) is 5.69 Å². The molecule has 0 unspecified atom stereocenters. The van der Waals surface area contributed by atoms with E-state index in [2.05, 4.69) is 21.2 Å². The van der Waals surface area contributed by atoms with Gasteiger partial charge in [-0.1, -0.05) is 6.92 Å². The summed E-state index contributed by atoms with van der Waals surface area (Å²) in [5.74, 6) is -0.268. The maximum absolute atomic E-state index is 12.2. The highest BCUT2D eigenvalue weighted by molar-refractivity contribution is 9.10. The fourth-order valence-corrected chi connectivity index (χ4v) is 2.16. The van der Waals surface area contributed by atoms with E-state index in [1.165, 1.54) is 6.07 Å². The van der Waals surface area contributed by atoms with Crippen LogP contribution >= 0.6 is 15.9 Å². The first-order valence-corrected chi connectivity index (χ1v) is 7.37. The molecule has 0 aliphatic heterocycles. The molecule has 0 atom stereocenters. The Hall–Kier alpha value is -2.08. The third-order valence-corrected chi connectivity index (χ3v) is 3.69. The van der Waals surface area contributed by atoms with E-state index in [1.807, 2.05) is 6.92 Å². The van der Waals surface area contributed by atoms with Gasteiger partial charge in [0.25, 0.3) is 11.5 Å². The van der Waals surface area contributed by atoms with E-state index in [4.69, 9.17) is 5.73 Å². The van der Waals surface area contributed by atoms with Crippen LogP contribution < -0.4 is 16.6 Å². The summed E-state index contributed by atoms with van der Waals surface area (Å²) >= 11 is 3.29. The minimum Gasteiger partial charge on any atom is -0.398 e. The number of carbonyl (C=O) groups is 1. The highest BCUT2D eigenvalue weighted by atomic mass is 79.9. The van der Waals surface area contributed by atoms with E-state index in [9.17, 15) is 9.59 Å². The largest absolute Gasteiger partial charge is 0.398 e. The molecular formula is C15H16BrN3O2. The number of nitrogens with one attached hydrogen (secondary N) is 1. The highest BCUT2D eigenvalue weighted by Gasteiger charge is 2.08. The number of carbonyl (C=O) groups excluding carboxylic acids is 1. The van der Waals surface area contributed by atoms with Crippen LogP contribution in [-0.2, 0) is 6.54 Å². The molecule has 1 aromatic heterocycles. The van der Waals surface area contributed by atoms with Crippen LogP contribution in [0.3, 0.4) is 0 Å². The molecule has 110 valence electrons. The van der Waals surface area contributed by atoms with Crippen molar-refractivity contribution in [3.63, 3.8) is 0 Å². The zero-order chi connectivity index (χ0) is 15.4. The van der Waals surface area contributed by atoms with Gasteiger partial charge in [-0.25, -0.2) is 0 Å². The summed E-state index contributed by atoms with van der Waals surface area (Å²) in [7, 11) is 0. The number of nitrogens with zero attached hydrogens (tertiary/aromatic N) is 1. The van der Waals surface area contributed by atoms with Crippen LogP contribution in [0, 0.1) is 0 Å². The first-order chi connectivity index (χ1) is 10.0. The van der Waals surface area contributed by atoms with Crippen molar-refractivity contribution in [1.82, 2.24) is 4.57 Å². The van der Waals surface area contributed by atoms with E-state index >= 15 is 0 Å². The molecule has 21 heavy (non-hydrogen) atoms. The van der Waals surface area contributed by atoms with Crippen LogP contribution in [0.5, 0.6) is 0 Å². The molecule has 6 heteroatoms. The monoisotopic (exact) mass is 349 g/mol. The average molecular weight is 350 g/mol. The Kier molecular flexibility index (Phi) is 4.80. The Bertz CT molecular complexity index is 725. The Morgan fingerprint density at radius 3 is 2.76 bits per heavy atom. The number of benzene rings is 1. The van der Waals surface area contributed by atoms with Crippen molar-refractivity contribution in [2.45, 2.75) is 19.9 Å². The SMILES string of the molecule is CCCn1cc(NC(=O)c2ccc(Br)c(N)c2)ccc1=O. The number of amides is 1. The van der Waals surface area contributed by atoms with Crippen LogP contribution in [0.25, 0.3) is 0 Å². The molecule has 0 saturated carbocycles. The maximum Gasteiger partial charge on any atom is 0.255 e. The molecule has 0 saturated heterocycles. The lowest BCUT2D eigenvalue weighted by atomic mass is 10.2. The molecule has 2 aromatic rings. The number of aryl methyl sites for hydroxylation is 1. The van der Waals surface area contributed by atoms with Gasteiger partial charge in [0, 0.05) is 34.5 Å². The van der Waals surface area contributed by atoms with Crippen LogP contribution in [0.2, 0.25) is 0 Å². The number of rotatable bonds is 4. The number of halogens is 1. The fraction of sp³-hybridized carbons (Fsp3) is 0.200. The molecule has 0 bridgehead atoms. The predicted octanol–water partition coefficient (Wildman–Crippen LogP) is 2.86. The van der Waals surface area contributed by atoms with Gasteiger partial charge in [-0.05, 0) is 46.6 Å². The Morgan fingerprint density at radius 2 is 2.10 bits per heavy atom. The second-order valence-corrected chi connectivity index (χ2v) is 5.49. The van der Waals surface area contributed by atoms with Crippen LogP contribution in [0.4, 0.5) is 11.4 Å². The number of nitrogen functional groups attached to an aromatic ring is 1. The summed E-state index contributed by atoms with van der Waals surface area (Å²) < 4.78 is 2.32. The number of aromatic nitrogens is 1. The van der Waals surface area contributed by atoms with Gasteiger partial charge in [0.1, 0.15) is 0 Å². The van der Waals surface area contributed by atoms with Gasteiger partial charge in [-0.3, -0.25) is 9.59 Å². The first kappa shape index (κ1) is 15.3. The van der Waals surface area contributed by atoms with E-state index in [-0.39, 0.29) is 11.5 Å². The van der Waals surface area contributed by atoms with Crippen LogP contribution in [0.1, 0.15) is 23.7 Å². The van der Waals surface area contributed by atoms with Crippen LogP contribution in [-0.4, -0.2) is 10.5 Å². The number of hydrogen-bond acceptors (Lipinski definition) is 3. The summed E-state index contributed by atoms with van der Waals surface area (Å²) in [5, 5.41) is 2.76. The first-order valence-electron chi connectivity index (χ1n) is 6.58. The lowest BCUT2D eigenvalue weighted by Gasteiger charge is -2.09. The zero-order valence-electron chi connectivity index (χ0n) is 11.6. The van der Waals surface area contributed by atoms with Crippen molar-refractivity contribution in [1.29, 1.82) is 0 Å². The number of pyridine rings is 1. The molecular weight excluding hydrogens is 334 g/mol. The fourth-order valence-electron chi connectivity index (χ4n) is 1.91. The number of anilines is 2. The standard InChI is InChI=1S/C15H16BrN3O2/c1-2-7-19-9-11(4-6-14(19)20)18-15(21)10-3-5-12(16)13(17)8-10/h3-6,8-9H,2,7,17H2,1H3,(H,18,21). The van der Waals surface area contributed by atoms with Crippen LogP contribution in [0.15, 0.2) is 45.8 Å². The summed E-state index contributed by atoms with van der Waals surface area (Å²) in [4.78, 5) is 23.8. The van der Waals surface area contributed by atoms with Gasteiger partial charge < -0.3 is 15.6 Å². The third-order valence-electron chi connectivity index (χ3n) is 2.96. The van der Waals surface area contributed by atoms with Crippen molar-refractivity contribution < 1.29 is 4.79 Å². The normalized spacial score (nSPS) is 10.4. The molecule has 2 rings (SSSR count). The van der Waals surface area contributed by atoms with E-state index < -0.39 is 0 Å². The molecule has 0 fully saturated rings. The van der Waals surface area contributed by atoms with E-state index in [1.54, 1.807) is 35.0 Å². The molecule has 0 spiro atoms. The lowest BCUT2D eigenvalue weighted by molar-refractivity contribution is 0.102. The molecule has 1 amide bonds. The van der Waals surface area contributed by atoms with Gasteiger partial charge in [0.2, 0.25) is 0 Å². The predicted molar refractivity (Wildman–Crippen MR) is 87.5 cm³/mol. The Labute approximate surface area is 130 Å². The lowest BCUT2D eigenvalue weighted by Crippen LogP contribution is -2.20. The second kappa shape index (κ2) is 6.58. The van der Waals surface area contributed by atoms with Gasteiger partial charge in [-0.2, -0.15) is 0 Å². The third kappa shape index (κ3) is 3.72. The summed E-state index contributed by atoms with van der Waals surface area (Å²) in [6.45, 7) is 2.61. The van der Waals surface area contributed by atoms with Gasteiger partial charge >= 0.3 is 0 Å². The number of hydrogen-bond donors (Lipinski definition) is 2. The summed E-state index contributed by atoms with van der Waals surface area (Å²) in [6, 6.07) is 8.04. The summed E-state index contributed by atoms with van der Waals surface area (Å²) in [6.07, 6.45) is 2.49. The quantitative estimate of drug-likeness (QED) is 0.833. The van der Waals surface area contributed by atoms with E-state index in [0.29, 0.717) is 23.5 Å². The smallest absolute Gasteiger partial charge is 0.255 e.